The molecular formula is C29H35Cl2N3O2. The zero-order valence-corrected chi connectivity index (χ0v) is 22.2. The van der Waals surface area contributed by atoms with Crippen LogP contribution in [0.25, 0.3) is 11.1 Å². The van der Waals surface area contributed by atoms with Gasteiger partial charge >= 0.3 is 0 Å². The highest BCUT2D eigenvalue weighted by Crippen LogP contribution is 2.36. The Morgan fingerprint density at radius 1 is 0.861 bits per heavy atom. The van der Waals surface area contributed by atoms with E-state index in [0.717, 1.165) is 55.3 Å². The van der Waals surface area contributed by atoms with Gasteiger partial charge in [-0.05, 0) is 79.5 Å². The fraction of sp³-hybridized carbons (Fsp3) is 0.517. The van der Waals surface area contributed by atoms with Gasteiger partial charge in [0.25, 0.3) is 5.91 Å². The Kier molecular flexibility index (Phi) is 7.90. The van der Waals surface area contributed by atoms with E-state index in [1.807, 2.05) is 41.3 Å². The molecule has 2 aromatic carbocycles. The molecule has 1 atom stereocenters. The third-order valence-electron chi connectivity index (χ3n) is 8.25. The molecule has 2 aliphatic heterocycles. The lowest BCUT2D eigenvalue weighted by atomic mass is 9.93. The second-order valence-corrected chi connectivity index (χ2v) is 11.5. The molecule has 2 saturated heterocycles. The number of nitrogens with two attached hydrogens (primary N) is 1. The van der Waals surface area contributed by atoms with Gasteiger partial charge in [0.2, 0.25) is 5.91 Å². The van der Waals surface area contributed by atoms with Crippen molar-refractivity contribution in [3.8, 4) is 11.1 Å². The zero-order valence-electron chi connectivity index (χ0n) is 20.7. The Balaban J connectivity index is 1.26. The summed E-state index contributed by atoms with van der Waals surface area (Å²) in [4.78, 5) is 30.0. The summed E-state index contributed by atoms with van der Waals surface area (Å²) >= 11 is 13.4. The summed E-state index contributed by atoms with van der Waals surface area (Å²) < 4.78 is 0. The molecule has 5 rings (SSSR count). The minimum Gasteiger partial charge on any atom is -0.339 e. The van der Waals surface area contributed by atoms with E-state index >= 15 is 0 Å². The molecule has 0 radical (unpaired) electrons. The molecule has 1 aliphatic carbocycles. The average molecular weight is 529 g/mol. The highest BCUT2D eigenvalue weighted by molar-refractivity contribution is 6.36. The van der Waals surface area contributed by atoms with Crippen molar-refractivity contribution in [3.05, 3.63) is 57.6 Å². The molecule has 2 aromatic rings. The van der Waals surface area contributed by atoms with Crippen LogP contribution in [-0.4, -0.2) is 53.3 Å². The van der Waals surface area contributed by atoms with Crippen molar-refractivity contribution in [2.75, 3.05) is 19.6 Å². The third-order valence-corrected chi connectivity index (χ3v) is 8.92. The van der Waals surface area contributed by atoms with E-state index in [4.69, 9.17) is 28.9 Å². The molecule has 0 spiro atoms. The van der Waals surface area contributed by atoms with Crippen LogP contribution in [0.2, 0.25) is 10.0 Å². The van der Waals surface area contributed by atoms with Gasteiger partial charge in [-0.25, -0.2) is 0 Å². The molecule has 7 heteroatoms. The van der Waals surface area contributed by atoms with E-state index in [1.54, 1.807) is 0 Å². The maximum Gasteiger partial charge on any atom is 0.253 e. The van der Waals surface area contributed by atoms with Gasteiger partial charge in [0.1, 0.15) is 0 Å². The minimum absolute atomic E-state index is 0.0448. The fourth-order valence-corrected chi connectivity index (χ4v) is 6.65. The van der Waals surface area contributed by atoms with Crippen LogP contribution < -0.4 is 5.73 Å². The largest absolute Gasteiger partial charge is 0.339 e. The number of rotatable bonds is 5. The van der Waals surface area contributed by atoms with Crippen molar-refractivity contribution < 1.29 is 9.59 Å². The van der Waals surface area contributed by atoms with E-state index in [9.17, 15) is 9.59 Å². The van der Waals surface area contributed by atoms with Crippen molar-refractivity contribution in [3.63, 3.8) is 0 Å². The first kappa shape index (κ1) is 25.6. The van der Waals surface area contributed by atoms with Crippen molar-refractivity contribution in [2.24, 2.45) is 11.7 Å². The molecule has 192 valence electrons. The summed E-state index contributed by atoms with van der Waals surface area (Å²) in [6.45, 7) is 2.25. The van der Waals surface area contributed by atoms with Crippen LogP contribution in [0.15, 0.2) is 36.4 Å². The third kappa shape index (κ3) is 5.44. The lowest BCUT2D eigenvalue weighted by Crippen LogP contribution is -2.42. The van der Waals surface area contributed by atoms with E-state index in [0.29, 0.717) is 41.2 Å². The number of nitrogens with zero attached hydrogens (tertiary/aromatic N) is 2. The van der Waals surface area contributed by atoms with Gasteiger partial charge < -0.3 is 15.5 Å². The van der Waals surface area contributed by atoms with Crippen LogP contribution in [-0.2, 0) is 11.2 Å². The quantitative estimate of drug-likeness (QED) is 0.522. The predicted molar refractivity (Wildman–Crippen MR) is 145 cm³/mol. The second-order valence-electron chi connectivity index (χ2n) is 10.6. The van der Waals surface area contributed by atoms with Gasteiger partial charge in [-0.3, -0.25) is 9.59 Å². The fourth-order valence-electron chi connectivity index (χ4n) is 6.01. The standard InChI is InChI=1S/C29H35Cl2N3O2/c30-26-17-22(19-6-8-20(9-7-19)28(35)33-13-11-23(32)12-14-33)18-27(31)25(26)16-21-10-15-34(29(21)36)24-4-2-1-3-5-24/h6-9,17-18,21,23-24H,1-5,10-16,32H2. The van der Waals surface area contributed by atoms with Crippen LogP contribution in [0.5, 0.6) is 0 Å². The lowest BCUT2D eigenvalue weighted by molar-refractivity contribution is -0.133. The SMILES string of the molecule is NC1CCN(C(=O)c2ccc(-c3cc(Cl)c(CC4CCN(C5CCCCC5)C4=O)c(Cl)c3)cc2)CC1. The first-order valence-electron chi connectivity index (χ1n) is 13.3. The Labute approximate surface area is 223 Å². The number of piperidine rings is 1. The molecule has 0 aromatic heterocycles. The monoisotopic (exact) mass is 527 g/mol. The number of halogens is 2. The van der Waals surface area contributed by atoms with Crippen LogP contribution in [0.3, 0.4) is 0 Å². The Morgan fingerprint density at radius 3 is 2.14 bits per heavy atom. The number of hydrogen-bond donors (Lipinski definition) is 1. The van der Waals surface area contributed by atoms with E-state index in [1.165, 1.54) is 19.3 Å². The molecule has 2 heterocycles. The molecule has 3 fully saturated rings. The van der Waals surface area contributed by atoms with Gasteiger partial charge in [0.15, 0.2) is 0 Å². The summed E-state index contributed by atoms with van der Waals surface area (Å²) in [6, 6.07) is 12.0. The van der Waals surface area contributed by atoms with Crippen molar-refractivity contribution >= 4 is 35.0 Å². The molecule has 1 saturated carbocycles. The Morgan fingerprint density at radius 2 is 1.50 bits per heavy atom. The maximum atomic E-state index is 13.1. The summed E-state index contributed by atoms with van der Waals surface area (Å²) in [5, 5.41) is 1.18. The maximum absolute atomic E-state index is 13.1. The van der Waals surface area contributed by atoms with Crippen LogP contribution in [0.1, 0.15) is 67.3 Å². The van der Waals surface area contributed by atoms with E-state index in [2.05, 4.69) is 4.90 Å². The molecule has 5 nitrogen and oxygen atoms in total. The summed E-state index contributed by atoms with van der Waals surface area (Å²) in [6.07, 6.45) is 9.12. The predicted octanol–water partition coefficient (Wildman–Crippen LogP) is 5.95. The normalized spacial score (nSPS) is 21.9. The van der Waals surface area contributed by atoms with Crippen LogP contribution in [0.4, 0.5) is 0 Å². The summed E-state index contributed by atoms with van der Waals surface area (Å²) in [5.41, 5.74) is 9.33. The molecule has 3 aliphatic rings. The molecule has 36 heavy (non-hydrogen) atoms. The molecular weight excluding hydrogens is 493 g/mol. The second kappa shape index (κ2) is 11.1. The lowest BCUT2D eigenvalue weighted by Gasteiger charge is -2.31. The van der Waals surface area contributed by atoms with Gasteiger partial charge in [0, 0.05) is 53.2 Å². The number of carbonyl (C=O) groups is 2. The van der Waals surface area contributed by atoms with Gasteiger partial charge in [0.05, 0.1) is 0 Å². The van der Waals surface area contributed by atoms with Crippen molar-refractivity contribution in [2.45, 2.75) is 69.9 Å². The number of amides is 2. The van der Waals surface area contributed by atoms with Gasteiger partial charge in [-0.2, -0.15) is 0 Å². The number of carbonyl (C=O) groups excluding carboxylic acids is 2. The first-order valence-corrected chi connectivity index (χ1v) is 14.1. The van der Waals surface area contributed by atoms with E-state index in [-0.39, 0.29) is 23.8 Å². The number of benzene rings is 2. The van der Waals surface area contributed by atoms with Crippen molar-refractivity contribution in [1.82, 2.24) is 9.80 Å². The number of hydrogen-bond acceptors (Lipinski definition) is 3. The Bertz CT molecular complexity index is 1080. The minimum atomic E-state index is -0.0533. The highest BCUT2D eigenvalue weighted by atomic mass is 35.5. The van der Waals surface area contributed by atoms with Gasteiger partial charge in [-0.1, -0.05) is 54.6 Å². The highest BCUT2D eigenvalue weighted by Gasteiger charge is 2.36. The molecule has 2 N–H and O–H groups in total. The number of likely N-dealkylation sites (tertiary alicyclic amines) is 2. The van der Waals surface area contributed by atoms with E-state index < -0.39 is 0 Å². The van der Waals surface area contributed by atoms with Gasteiger partial charge in [-0.15, -0.1) is 0 Å². The summed E-state index contributed by atoms with van der Waals surface area (Å²) in [5.74, 6) is 0.250. The van der Waals surface area contributed by atoms with Crippen LogP contribution >= 0.6 is 23.2 Å². The zero-order chi connectivity index (χ0) is 25.2. The average Bonchev–Trinajstić information content (AvgIpc) is 3.26. The van der Waals surface area contributed by atoms with Crippen molar-refractivity contribution in [1.29, 1.82) is 0 Å². The topological polar surface area (TPSA) is 66.6 Å². The molecule has 0 bridgehead atoms. The first-order chi connectivity index (χ1) is 17.4. The summed E-state index contributed by atoms with van der Waals surface area (Å²) in [7, 11) is 0. The molecule has 2 amide bonds. The smallest absolute Gasteiger partial charge is 0.253 e. The molecule has 1 unspecified atom stereocenters. The van der Waals surface area contributed by atoms with Crippen LogP contribution in [0, 0.1) is 5.92 Å². The Hall–Kier alpha value is -2.08.